The van der Waals surface area contributed by atoms with Gasteiger partial charge in [-0.2, -0.15) is 0 Å². The van der Waals surface area contributed by atoms with Gasteiger partial charge in [-0.25, -0.2) is 4.98 Å². The van der Waals surface area contributed by atoms with Crippen LogP contribution in [0.3, 0.4) is 0 Å². The van der Waals surface area contributed by atoms with Crippen molar-refractivity contribution >= 4 is 33.8 Å². The maximum atomic E-state index is 12.6. The highest BCUT2D eigenvalue weighted by molar-refractivity contribution is 7.14. The van der Waals surface area contributed by atoms with Gasteiger partial charge in [-0.1, -0.05) is 24.3 Å². The molecule has 8 heteroatoms. The third-order valence-electron chi connectivity index (χ3n) is 4.56. The molecule has 0 fully saturated rings. The number of aromatic nitrogens is 2. The first kappa shape index (κ1) is 21.3. The van der Waals surface area contributed by atoms with Gasteiger partial charge in [0.2, 0.25) is 0 Å². The van der Waals surface area contributed by atoms with Gasteiger partial charge in [-0.05, 0) is 43.3 Å². The Labute approximate surface area is 190 Å². The van der Waals surface area contributed by atoms with Crippen LogP contribution in [-0.4, -0.2) is 29.1 Å². The molecule has 4 aromatic rings. The summed E-state index contributed by atoms with van der Waals surface area (Å²) in [5, 5.41) is 8.80. The number of methoxy groups -OCH3 is 1. The van der Waals surface area contributed by atoms with E-state index < -0.39 is 6.10 Å². The number of benzene rings is 2. The van der Waals surface area contributed by atoms with Crippen LogP contribution in [0.1, 0.15) is 6.92 Å². The molecule has 0 aliphatic heterocycles. The number of carbonyl (C=O) groups is 1. The van der Waals surface area contributed by atoms with E-state index in [0.717, 1.165) is 22.2 Å². The molecule has 1 unspecified atom stereocenters. The normalized spacial score (nSPS) is 11.4. The zero-order valence-electron chi connectivity index (χ0n) is 17.6. The molecule has 0 spiro atoms. The second kappa shape index (κ2) is 9.93. The Kier molecular flexibility index (Phi) is 6.62. The van der Waals surface area contributed by atoms with Gasteiger partial charge in [-0.15, -0.1) is 11.3 Å². The quantitative estimate of drug-likeness (QED) is 0.379. The summed E-state index contributed by atoms with van der Waals surface area (Å²) in [4.78, 5) is 21.5. The van der Waals surface area contributed by atoms with Crippen LogP contribution in [0.2, 0.25) is 0 Å². The van der Waals surface area contributed by atoms with Crippen molar-refractivity contribution in [1.29, 1.82) is 0 Å². The lowest BCUT2D eigenvalue weighted by Crippen LogP contribution is -2.30. The summed E-state index contributed by atoms with van der Waals surface area (Å²) in [5.74, 6) is 0.889. The van der Waals surface area contributed by atoms with Crippen LogP contribution >= 0.6 is 11.3 Å². The highest BCUT2D eigenvalue weighted by Gasteiger charge is 2.17. The Balaban J connectivity index is 1.39. The van der Waals surface area contributed by atoms with Gasteiger partial charge in [0, 0.05) is 23.3 Å². The fraction of sp³-hybridized carbons (Fsp3) is 0.125. The molecule has 1 amide bonds. The van der Waals surface area contributed by atoms with Crippen molar-refractivity contribution in [3.63, 3.8) is 0 Å². The standard InChI is InChI=1S/C24H22N4O3S/c1-16(23(29)27-20-11-3-4-12-22(20)30-2)31-18-9-7-8-17(14-18)26-24-28-21(15-32-24)19-10-5-6-13-25-19/h3-16H,1-2H3,(H,26,28)(H,27,29). The second-order valence-corrected chi connectivity index (χ2v) is 7.71. The highest BCUT2D eigenvalue weighted by atomic mass is 32.1. The van der Waals surface area contributed by atoms with Crippen LogP contribution in [-0.2, 0) is 4.79 Å². The lowest BCUT2D eigenvalue weighted by atomic mass is 10.2. The van der Waals surface area contributed by atoms with Crippen molar-refractivity contribution in [1.82, 2.24) is 9.97 Å². The number of anilines is 3. The van der Waals surface area contributed by atoms with Crippen molar-refractivity contribution in [2.45, 2.75) is 13.0 Å². The molecular formula is C24H22N4O3S. The van der Waals surface area contributed by atoms with Gasteiger partial charge < -0.3 is 20.1 Å². The van der Waals surface area contributed by atoms with E-state index in [1.165, 1.54) is 11.3 Å². The molecule has 0 aliphatic carbocycles. The third-order valence-corrected chi connectivity index (χ3v) is 5.32. The van der Waals surface area contributed by atoms with Gasteiger partial charge in [0.05, 0.1) is 18.5 Å². The number of nitrogens with zero attached hydrogens (tertiary/aromatic N) is 2. The van der Waals surface area contributed by atoms with E-state index >= 15 is 0 Å². The van der Waals surface area contributed by atoms with Gasteiger partial charge in [0.15, 0.2) is 11.2 Å². The largest absolute Gasteiger partial charge is 0.495 e. The maximum absolute atomic E-state index is 12.6. The predicted molar refractivity (Wildman–Crippen MR) is 127 cm³/mol. The first-order valence-corrected chi connectivity index (χ1v) is 10.8. The summed E-state index contributed by atoms with van der Waals surface area (Å²) in [6, 6.07) is 20.4. The summed E-state index contributed by atoms with van der Waals surface area (Å²) in [6.45, 7) is 1.70. The summed E-state index contributed by atoms with van der Waals surface area (Å²) in [7, 11) is 1.56. The minimum atomic E-state index is -0.703. The number of hydrogen-bond acceptors (Lipinski definition) is 7. The average Bonchev–Trinajstić information content (AvgIpc) is 3.28. The number of pyridine rings is 1. The smallest absolute Gasteiger partial charge is 0.265 e. The summed E-state index contributed by atoms with van der Waals surface area (Å²) in [5.41, 5.74) is 3.04. The Morgan fingerprint density at radius 3 is 2.69 bits per heavy atom. The van der Waals surface area contributed by atoms with E-state index in [9.17, 15) is 4.79 Å². The summed E-state index contributed by atoms with van der Waals surface area (Å²) < 4.78 is 11.1. The van der Waals surface area contributed by atoms with Gasteiger partial charge >= 0.3 is 0 Å². The molecule has 2 heterocycles. The van der Waals surface area contributed by atoms with Crippen molar-refractivity contribution in [3.8, 4) is 22.9 Å². The van der Waals surface area contributed by atoms with Crippen molar-refractivity contribution in [3.05, 3.63) is 78.3 Å². The topological polar surface area (TPSA) is 85.4 Å². The average molecular weight is 447 g/mol. The lowest BCUT2D eigenvalue weighted by molar-refractivity contribution is -0.122. The lowest BCUT2D eigenvalue weighted by Gasteiger charge is -2.16. The van der Waals surface area contributed by atoms with Crippen LogP contribution in [0, 0.1) is 0 Å². The molecule has 0 radical (unpaired) electrons. The number of amides is 1. The molecular weight excluding hydrogens is 424 g/mol. The van der Waals surface area contributed by atoms with E-state index in [1.54, 1.807) is 38.4 Å². The Hall–Kier alpha value is -3.91. The van der Waals surface area contributed by atoms with Gasteiger partial charge in [0.25, 0.3) is 5.91 Å². The molecule has 7 nitrogen and oxygen atoms in total. The van der Waals surface area contributed by atoms with Gasteiger partial charge in [0.1, 0.15) is 17.2 Å². The van der Waals surface area contributed by atoms with Crippen molar-refractivity contribution in [2.24, 2.45) is 0 Å². The zero-order valence-corrected chi connectivity index (χ0v) is 18.4. The molecule has 2 aromatic heterocycles. The van der Waals surface area contributed by atoms with Crippen LogP contribution < -0.4 is 20.1 Å². The number of ether oxygens (including phenoxy) is 2. The Morgan fingerprint density at radius 1 is 1.03 bits per heavy atom. The minimum absolute atomic E-state index is 0.271. The molecule has 162 valence electrons. The molecule has 0 saturated carbocycles. The maximum Gasteiger partial charge on any atom is 0.265 e. The number of thiazole rings is 1. The van der Waals surface area contributed by atoms with E-state index in [-0.39, 0.29) is 5.91 Å². The van der Waals surface area contributed by atoms with Crippen LogP contribution in [0.4, 0.5) is 16.5 Å². The first-order valence-electron chi connectivity index (χ1n) is 9.97. The summed E-state index contributed by atoms with van der Waals surface area (Å²) >= 11 is 1.49. The minimum Gasteiger partial charge on any atom is -0.495 e. The zero-order chi connectivity index (χ0) is 22.3. The molecule has 2 aromatic carbocycles. The van der Waals surface area contributed by atoms with Crippen LogP contribution in [0.5, 0.6) is 11.5 Å². The Bertz CT molecular complexity index is 1200. The first-order chi connectivity index (χ1) is 15.6. The van der Waals surface area contributed by atoms with E-state index in [0.29, 0.717) is 17.2 Å². The predicted octanol–water partition coefficient (Wildman–Crippen LogP) is 5.36. The molecule has 4 rings (SSSR count). The number of para-hydroxylation sites is 2. The second-order valence-electron chi connectivity index (χ2n) is 6.86. The molecule has 32 heavy (non-hydrogen) atoms. The molecule has 0 aliphatic rings. The third kappa shape index (κ3) is 5.22. The van der Waals surface area contributed by atoms with Crippen LogP contribution in [0.25, 0.3) is 11.4 Å². The van der Waals surface area contributed by atoms with Gasteiger partial charge in [-0.3, -0.25) is 9.78 Å². The fourth-order valence-corrected chi connectivity index (χ4v) is 3.70. The number of rotatable bonds is 8. The highest BCUT2D eigenvalue weighted by Crippen LogP contribution is 2.28. The SMILES string of the molecule is COc1ccccc1NC(=O)C(C)Oc1cccc(Nc2nc(-c3ccccn3)cs2)c1. The number of carbonyl (C=O) groups excluding carboxylic acids is 1. The van der Waals surface area contributed by atoms with Crippen LogP contribution in [0.15, 0.2) is 78.3 Å². The molecule has 0 saturated heterocycles. The monoisotopic (exact) mass is 446 g/mol. The summed E-state index contributed by atoms with van der Waals surface area (Å²) in [6.07, 6.45) is 1.04. The number of nitrogens with one attached hydrogen (secondary N) is 2. The molecule has 1 atom stereocenters. The van der Waals surface area contributed by atoms with E-state index in [2.05, 4.69) is 20.6 Å². The number of hydrogen-bond donors (Lipinski definition) is 2. The van der Waals surface area contributed by atoms with E-state index in [1.807, 2.05) is 53.9 Å². The van der Waals surface area contributed by atoms with E-state index in [4.69, 9.17) is 9.47 Å². The Morgan fingerprint density at radius 2 is 1.88 bits per heavy atom. The molecule has 0 bridgehead atoms. The van der Waals surface area contributed by atoms with Crippen molar-refractivity contribution < 1.29 is 14.3 Å². The van der Waals surface area contributed by atoms with Crippen molar-refractivity contribution in [2.75, 3.05) is 17.7 Å². The molecule has 2 N–H and O–H groups in total. The fourth-order valence-electron chi connectivity index (χ4n) is 2.97.